The number of carbonyl (C=O) groups is 1. The van der Waals surface area contributed by atoms with E-state index in [1.807, 2.05) is 0 Å². The third-order valence-electron chi connectivity index (χ3n) is 3.52. The molecule has 0 radical (unpaired) electrons. The number of benzene rings is 1. The Balaban J connectivity index is 2.23. The zero-order chi connectivity index (χ0) is 12.0. The first kappa shape index (κ1) is 10.9. The lowest BCUT2D eigenvalue weighted by Crippen LogP contribution is -2.20. The first-order chi connectivity index (χ1) is 8.22. The molecule has 3 rings (SSSR count). The summed E-state index contributed by atoms with van der Waals surface area (Å²) in [6.07, 6.45) is 2.73. The van der Waals surface area contributed by atoms with Gasteiger partial charge < -0.3 is 15.2 Å². The average molecular weight is 254 g/mol. The number of carbonyl (C=O) groups excluding carboxylic acids is 1. The van der Waals surface area contributed by atoms with Gasteiger partial charge in [-0.1, -0.05) is 11.6 Å². The topological polar surface area (TPSA) is 61.6 Å². The molecule has 1 saturated carbocycles. The summed E-state index contributed by atoms with van der Waals surface area (Å²) < 4.78 is 10.8. The fourth-order valence-corrected chi connectivity index (χ4v) is 2.75. The van der Waals surface area contributed by atoms with E-state index in [1.165, 1.54) is 0 Å². The molecule has 0 bridgehead atoms. The van der Waals surface area contributed by atoms with Crippen LogP contribution in [0.2, 0.25) is 5.02 Å². The molecule has 1 aromatic rings. The van der Waals surface area contributed by atoms with Gasteiger partial charge in [0.15, 0.2) is 17.8 Å². The second-order valence-electron chi connectivity index (χ2n) is 4.49. The van der Waals surface area contributed by atoms with Gasteiger partial charge in [0.05, 0.1) is 5.56 Å². The van der Waals surface area contributed by atoms with Gasteiger partial charge >= 0.3 is 0 Å². The van der Waals surface area contributed by atoms with Crippen LogP contribution in [0.15, 0.2) is 6.07 Å². The number of hydrogen-bond donors (Lipinski definition) is 1. The second-order valence-corrected chi connectivity index (χ2v) is 4.90. The highest BCUT2D eigenvalue weighted by Gasteiger charge is 2.48. The van der Waals surface area contributed by atoms with Crippen LogP contribution in [0.25, 0.3) is 0 Å². The molecular formula is C12H12ClNO3. The Morgan fingerprint density at radius 1 is 1.41 bits per heavy atom. The Bertz CT molecular complexity index is 497. The van der Waals surface area contributed by atoms with Crippen LogP contribution in [0.3, 0.4) is 0 Å². The fourth-order valence-electron chi connectivity index (χ4n) is 2.35. The first-order valence-electron chi connectivity index (χ1n) is 5.50. The smallest absolute Gasteiger partial charge is 0.231 e. The van der Waals surface area contributed by atoms with Crippen LogP contribution < -0.4 is 15.2 Å². The van der Waals surface area contributed by atoms with Gasteiger partial charge in [-0.25, -0.2) is 0 Å². The van der Waals surface area contributed by atoms with Crippen molar-refractivity contribution in [2.24, 2.45) is 5.73 Å². The maximum Gasteiger partial charge on any atom is 0.231 e. The lowest BCUT2D eigenvalue weighted by atomic mass is 9.93. The van der Waals surface area contributed by atoms with Gasteiger partial charge in [-0.05, 0) is 18.9 Å². The highest BCUT2D eigenvalue weighted by Crippen LogP contribution is 2.56. The normalized spacial score (nSPS) is 19.2. The third kappa shape index (κ3) is 1.44. The van der Waals surface area contributed by atoms with Crippen molar-refractivity contribution >= 4 is 17.9 Å². The van der Waals surface area contributed by atoms with Crippen molar-refractivity contribution in [1.29, 1.82) is 0 Å². The standard InChI is InChI=1S/C12H12ClNO3/c13-8-3-7(4-15)10-11(17-6-16-10)9(8)12(5-14)1-2-12/h3-4H,1-2,5-6,14H2. The highest BCUT2D eigenvalue weighted by molar-refractivity contribution is 6.32. The summed E-state index contributed by atoms with van der Waals surface area (Å²) in [5.74, 6) is 1.10. The van der Waals surface area contributed by atoms with Crippen molar-refractivity contribution in [2.45, 2.75) is 18.3 Å². The molecule has 2 aliphatic rings. The number of fused-ring (bicyclic) bond motifs is 1. The van der Waals surface area contributed by atoms with E-state index in [9.17, 15) is 4.79 Å². The van der Waals surface area contributed by atoms with Crippen LogP contribution in [0, 0.1) is 0 Å². The summed E-state index contributed by atoms with van der Waals surface area (Å²) in [6.45, 7) is 0.660. The van der Waals surface area contributed by atoms with E-state index in [4.69, 9.17) is 26.8 Å². The molecule has 2 N–H and O–H groups in total. The van der Waals surface area contributed by atoms with E-state index in [2.05, 4.69) is 0 Å². The van der Waals surface area contributed by atoms with Crippen molar-refractivity contribution in [1.82, 2.24) is 0 Å². The van der Waals surface area contributed by atoms with Crippen molar-refractivity contribution in [3.05, 3.63) is 22.2 Å². The summed E-state index contributed by atoms with van der Waals surface area (Å²) in [6, 6.07) is 1.63. The Morgan fingerprint density at radius 3 is 2.71 bits per heavy atom. The van der Waals surface area contributed by atoms with Crippen molar-refractivity contribution in [3.63, 3.8) is 0 Å². The molecule has 0 aromatic heterocycles. The van der Waals surface area contributed by atoms with E-state index >= 15 is 0 Å². The summed E-state index contributed by atoms with van der Waals surface area (Å²) >= 11 is 6.25. The molecule has 1 aliphatic heterocycles. The van der Waals surface area contributed by atoms with Gasteiger partial charge in [0.2, 0.25) is 6.79 Å². The molecule has 0 spiro atoms. The van der Waals surface area contributed by atoms with Crippen LogP contribution in [0.1, 0.15) is 28.8 Å². The summed E-state index contributed by atoms with van der Waals surface area (Å²) in [4.78, 5) is 10.9. The predicted octanol–water partition coefficient (Wildman–Crippen LogP) is 1.87. The number of nitrogens with two attached hydrogens (primary N) is 1. The molecular weight excluding hydrogens is 242 g/mol. The molecule has 17 heavy (non-hydrogen) atoms. The van der Waals surface area contributed by atoms with Crippen LogP contribution >= 0.6 is 11.6 Å². The summed E-state index contributed by atoms with van der Waals surface area (Å²) in [7, 11) is 0. The van der Waals surface area contributed by atoms with E-state index in [-0.39, 0.29) is 12.2 Å². The monoisotopic (exact) mass is 253 g/mol. The van der Waals surface area contributed by atoms with Gasteiger partial charge in [0, 0.05) is 22.5 Å². The molecule has 1 aliphatic carbocycles. The molecule has 0 unspecified atom stereocenters. The van der Waals surface area contributed by atoms with Gasteiger partial charge in [-0.15, -0.1) is 0 Å². The fraction of sp³-hybridized carbons (Fsp3) is 0.417. The molecule has 90 valence electrons. The number of hydrogen-bond acceptors (Lipinski definition) is 4. The van der Waals surface area contributed by atoms with Crippen molar-refractivity contribution < 1.29 is 14.3 Å². The Kier molecular flexibility index (Phi) is 2.31. The number of halogens is 1. The molecule has 5 heteroatoms. The highest BCUT2D eigenvalue weighted by atomic mass is 35.5. The zero-order valence-electron chi connectivity index (χ0n) is 9.16. The lowest BCUT2D eigenvalue weighted by molar-refractivity contribution is 0.111. The SMILES string of the molecule is NCC1(c2c(Cl)cc(C=O)c3c2OCO3)CC1. The predicted molar refractivity (Wildman–Crippen MR) is 62.9 cm³/mol. The molecule has 0 saturated heterocycles. The second kappa shape index (κ2) is 3.62. The van der Waals surface area contributed by atoms with Gasteiger partial charge in [-0.2, -0.15) is 0 Å². The van der Waals surface area contributed by atoms with Crippen LogP contribution in [-0.2, 0) is 5.41 Å². The minimum Gasteiger partial charge on any atom is -0.453 e. The Hall–Kier alpha value is -1.26. The molecule has 4 nitrogen and oxygen atoms in total. The van der Waals surface area contributed by atoms with E-state index in [0.29, 0.717) is 28.6 Å². The summed E-state index contributed by atoms with van der Waals surface area (Å²) in [5.41, 5.74) is 7.06. The molecule has 0 amide bonds. The average Bonchev–Trinajstić information content (AvgIpc) is 2.97. The number of rotatable bonds is 3. The number of ether oxygens (including phenoxy) is 2. The first-order valence-corrected chi connectivity index (χ1v) is 5.87. The van der Waals surface area contributed by atoms with Gasteiger partial charge in [0.25, 0.3) is 0 Å². The van der Waals surface area contributed by atoms with Gasteiger partial charge in [0.1, 0.15) is 0 Å². The lowest BCUT2D eigenvalue weighted by Gasteiger charge is -2.17. The number of aldehydes is 1. The maximum absolute atomic E-state index is 10.9. The van der Waals surface area contributed by atoms with E-state index in [1.54, 1.807) is 6.07 Å². The Morgan fingerprint density at radius 2 is 2.12 bits per heavy atom. The van der Waals surface area contributed by atoms with Crippen LogP contribution in [0.5, 0.6) is 11.5 Å². The van der Waals surface area contributed by atoms with Crippen LogP contribution in [-0.4, -0.2) is 19.6 Å². The molecule has 1 aromatic carbocycles. The van der Waals surface area contributed by atoms with Gasteiger partial charge in [-0.3, -0.25) is 4.79 Å². The summed E-state index contributed by atoms with van der Waals surface area (Å²) in [5, 5.41) is 0.541. The van der Waals surface area contributed by atoms with Crippen molar-refractivity contribution in [3.8, 4) is 11.5 Å². The van der Waals surface area contributed by atoms with Crippen molar-refractivity contribution in [2.75, 3.05) is 13.3 Å². The van der Waals surface area contributed by atoms with E-state index in [0.717, 1.165) is 24.7 Å². The minimum atomic E-state index is -0.0870. The quantitative estimate of drug-likeness (QED) is 0.836. The molecule has 0 atom stereocenters. The Labute approximate surface area is 104 Å². The zero-order valence-corrected chi connectivity index (χ0v) is 9.92. The minimum absolute atomic E-state index is 0.0870. The third-order valence-corrected chi connectivity index (χ3v) is 3.82. The maximum atomic E-state index is 10.9. The molecule has 1 heterocycles. The van der Waals surface area contributed by atoms with Crippen LogP contribution in [0.4, 0.5) is 0 Å². The van der Waals surface area contributed by atoms with E-state index < -0.39 is 0 Å². The largest absolute Gasteiger partial charge is 0.453 e. The molecule has 1 fully saturated rings.